The molecule has 3 rings (SSSR count). The number of nitrogens with zero attached hydrogens (tertiary/aromatic N) is 2. The van der Waals surface area contributed by atoms with E-state index in [-0.39, 0.29) is 0 Å². The van der Waals surface area contributed by atoms with E-state index in [1.807, 2.05) is 35.0 Å². The van der Waals surface area contributed by atoms with Crippen LogP contribution in [0, 0.1) is 0 Å². The van der Waals surface area contributed by atoms with Gasteiger partial charge < -0.3 is 9.67 Å². The SMILES string of the molecule is C=Cn1ccnc1CCC(O)(c1ccc(Cl)cc1)c1ccc(Cl)cc1. The zero-order chi connectivity index (χ0) is 17.9. The minimum absolute atomic E-state index is 0.459. The van der Waals surface area contributed by atoms with Gasteiger partial charge in [0.2, 0.25) is 0 Å². The molecule has 0 radical (unpaired) electrons. The van der Waals surface area contributed by atoms with E-state index in [0.717, 1.165) is 17.0 Å². The van der Waals surface area contributed by atoms with Crippen molar-refractivity contribution in [2.45, 2.75) is 18.4 Å². The highest BCUT2D eigenvalue weighted by molar-refractivity contribution is 6.30. The Balaban J connectivity index is 1.97. The maximum absolute atomic E-state index is 11.5. The standard InChI is InChI=1S/C20H18Cl2N2O/c1-2-24-14-13-23-19(24)11-12-20(25,15-3-7-17(21)8-4-15)16-5-9-18(22)10-6-16/h2-10,13-14,25H,1,11-12H2. The molecular formula is C20H18Cl2N2O. The summed E-state index contributed by atoms with van der Waals surface area (Å²) >= 11 is 12.0. The first-order valence-electron chi connectivity index (χ1n) is 7.91. The van der Waals surface area contributed by atoms with E-state index in [2.05, 4.69) is 11.6 Å². The molecule has 3 nitrogen and oxygen atoms in total. The van der Waals surface area contributed by atoms with Gasteiger partial charge in [-0.15, -0.1) is 0 Å². The molecule has 0 aliphatic carbocycles. The van der Waals surface area contributed by atoms with Gasteiger partial charge in [0.15, 0.2) is 0 Å². The minimum atomic E-state index is -1.17. The van der Waals surface area contributed by atoms with Crippen LogP contribution >= 0.6 is 23.2 Å². The van der Waals surface area contributed by atoms with Gasteiger partial charge >= 0.3 is 0 Å². The van der Waals surface area contributed by atoms with E-state index < -0.39 is 5.60 Å². The first kappa shape index (κ1) is 17.7. The normalized spacial score (nSPS) is 11.5. The molecule has 3 aromatic rings. The molecule has 2 aromatic carbocycles. The topological polar surface area (TPSA) is 38.0 Å². The number of benzene rings is 2. The number of aryl methyl sites for hydroxylation is 1. The van der Waals surface area contributed by atoms with Crippen LogP contribution in [0.4, 0.5) is 0 Å². The zero-order valence-electron chi connectivity index (χ0n) is 13.6. The summed E-state index contributed by atoms with van der Waals surface area (Å²) in [6, 6.07) is 14.5. The lowest BCUT2D eigenvalue weighted by atomic mass is 9.82. The summed E-state index contributed by atoms with van der Waals surface area (Å²) in [6.07, 6.45) is 6.31. The average molecular weight is 373 g/mol. The molecule has 0 aliphatic rings. The Labute approximate surface area is 157 Å². The Morgan fingerprint density at radius 2 is 1.52 bits per heavy atom. The van der Waals surface area contributed by atoms with Crippen molar-refractivity contribution in [3.63, 3.8) is 0 Å². The van der Waals surface area contributed by atoms with Gasteiger partial charge in [-0.1, -0.05) is 54.0 Å². The third-order valence-electron chi connectivity index (χ3n) is 4.30. The fourth-order valence-electron chi connectivity index (χ4n) is 2.90. The third kappa shape index (κ3) is 3.79. The largest absolute Gasteiger partial charge is 0.380 e. The lowest BCUT2D eigenvalue weighted by Crippen LogP contribution is -2.28. The first-order valence-corrected chi connectivity index (χ1v) is 8.67. The van der Waals surface area contributed by atoms with Gasteiger partial charge in [0, 0.05) is 35.1 Å². The molecule has 5 heteroatoms. The fourth-order valence-corrected chi connectivity index (χ4v) is 3.16. The van der Waals surface area contributed by atoms with Crippen molar-refractivity contribution in [2.75, 3.05) is 0 Å². The molecule has 0 spiro atoms. The summed E-state index contributed by atoms with van der Waals surface area (Å²) in [7, 11) is 0. The van der Waals surface area contributed by atoms with Crippen LogP contribution in [0.3, 0.4) is 0 Å². The molecule has 0 saturated heterocycles. The molecule has 0 unspecified atom stereocenters. The molecule has 0 amide bonds. The third-order valence-corrected chi connectivity index (χ3v) is 4.80. The Kier molecular flexibility index (Phi) is 5.28. The van der Waals surface area contributed by atoms with Crippen molar-refractivity contribution in [1.82, 2.24) is 9.55 Å². The second kappa shape index (κ2) is 7.44. The lowest BCUT2D eigenvalue weighted by molar-refractivity contribution is 0.0707. The van der Waals surface area contributed by atoms with Gasteiger partial charge in [-0.25, -0.2) is 4.98 Å². The molecule has 0 saturated carbocycles. The quantitative estimate of drug-likeness (QED) is 0.648. The molecule has 25 heavy (non-hydrogen) atoms. The van der Waals surface area contributed by atoms with Crippen LogP contribution in [0.5, 0.6) is 0 Å². The predicted molar refractivity (Wildman–Crippen MR) is 103 cm³/mol. The van der Waals surface area contributed by atoms with Crippen LogP contribution in [0.15, 0.2) is 67.5 Å². The van der Waals surface area contributed by atoms with Crippen LogP contribution in [0.1, 0.15) is 23.4 Å². The van der Waals surface area contributed by atoms with Gasteiger partial charge in [0.25, 0.3) is 0 Å². The predicted octanol–water partition coefficient (Wildman–Crippen LogP) is 5.16. The van der Waals surface area contributed by atoms with Gasteiger partial charge in [-0.3, -0.25) is 0 Å². The Morgan fingerprint density at radius 3 is 2.00 bits per heavy atom. The molecule has 1 N–H and O–H groups in total. The zero-order valence-corrected chi connectivity index (χ0v) is 15.1. The van der Waals surface area contributed by atoms with Gasteiger partial charge in [0.05, 0.1) is 0 Å². The number of hydrogen-bond acceptors (Lipinski definition) is 2. The number of imidazole rings is 1. The maximum atomic E-state index is 11.5. The fraction of sp³-hybridized carbons (Fsp3) is 0.150. The Bertz CT molecular complexity index is 809. The molecule has 1 heterocycles. The Morgan fingerprint density at radius 1 is 1.00 bits per heavy atom. The van der Waals surface area contributed by atoms with Crippen molar-refractivity contribution in [3.8, 4) is 0 Å². The molecule has 0 fully saturated rings. The second-order valence-electron chi connectivity index (χ2n) is 5.81. The Hall–Kier alpha value is -2.07. The highest BCUT2D eigenvalue weighted by Gasteiger charge is 2.31. The van der Waals surface area contributed by atoms with E-state index in [1.54, 1.807) is 36.7 Å². The molecule has 0 bridgehead atoms. The van der Waals surface area contributed by atoms with Crippen molar-refractivity contribution in [3.05, 3.63) is 94.5 Å². The van der Waals surface area contributed by atoms with Gasteiger partial charge in [-0.2, -0.15) is 0 Å². The minimum Gasteiger partial charge on any atom is -0.380 e. The van der Waals surface area contributed by atoms with Crippen molar-refractivity contribution in [1.29, 1.82) is 0 Å². The van der Waals surface area contributed by atoms with Crippen LogP contribution < -0.4 is 0 Å². The second-order valence-corrected chi connectivity index (χ2v) is 6.68. The van der Waals surface area contributed by atoms with Crippen LogP contribution in [0.25, 0.3) is 6.20 Å². The lowest BCUT2D eigenvalue weighted by Gasteiger charge is -2.29. The summed E-state index contributed by atoms with van der Waals surface area (Å²) in [5.41, 5.74) is 0.375. The molecule has 1 aromatic heterocycles. The molecule has 0 aliphatic heterocycles. The average Bonchev–Trinajstić information content (AvgIpc) is 3.08. The van der Waals surface area contributed by atoms with E-state index >= 15 is 0 Å². The molecular weight excluding hydrogens is 355 g/mol. The van der Waals surface area contributed by atoms with Crippen molar-refractivity contribution in [2.24, 2.45) is 0 Å². The van der Waals surface area contributed by atoms with E-state index in [4.69, 9.17) is 23.2 Å². The van der Waals surface area contributed by atoms with Crippen LogP contribution in [-0.2, 0) is 12.0 Å². The van der Waals surface area contributed by atoms with Gasteiger partial charge in [-0.05, 0) is 41.8 Å². The van der Waals surface area contributed by atoms with Crippen molar-refractivity contribution < 1.29 is 5.11 Å². The molecule has 128 valence electrons. The number of halogens is 2. The monoisotopic (exact) mass is 372 g/mol. The smallest absolute Gasteiger partial charge is 0.115 e. The highest BCUT2D eigenvalue weighted by Crippen LogP contribution is 2.35. The number of rotatable bonds is 6. The number of aliphatic hydroxyl groups is 1. The summed E-state index contributed by atoms with van der Waals surface area (Å²) < 4.78 is 1.85. The van der Waals surface area contributed by atoms with Crippen LogP contribution in [-0.4, -0.2) is 14.7 Å². The van der Waals surface area contributed by atoms with E-state index in [1.165, 1.54) is 0 Å². The molecule has 0 atom stereocenters. The van der Waals surface area contributed by atoms with Crippen molar-refractivity contribution >= 4 is 29.4 Å². The summed E-state index contributed by atoms with van der Waals surface area (Å²) in [5.74, 6) is 0.844. The number of aromatic nitrogens is 2. The summed E-state index contributed by atoms with van der Waals surface area (Å²) in [5, 5.41) is 12.8. The maximum Gasteiger partial charge on any atom is 0.115 e. The summed E-state index contributed by atoms with van der Waals surface area (Å²) in [6.45, 7) is 3.78. The van der Waals surface area contributed by atoms with E-state index in [9.17, 15) is 5.11 Å². The van der Waals surface area contributed by atoms with Crippen LogP contribution in [0.2, 0.25) is 10.0 Å². The van der Waals surface area contributed by atoms with Gasteiger partial charge in [0.1, 0.15) is 11.4 Å². The number of hydrogen-bond donors (Lipinski definition) is 1. The first-order chi connectivity index (χ1) is 12.0. The summed E-state index contributed by atoms with van der Waals surface area (Å²) in [4.78, 5) is 4.34. The van der Waals surface area contributed by atoms with E-state index in [0.29, 0.717) is 22.9 Å². The highest BCUT2D eigenvalue weighted by atomic mass is 35.5.